The number of methoxy groups -OCH3 is 4. The number of aromatic amines is 3. The molecule has 6 aliphatic rings. The van der Waals surface area contributed by atoms with E-state index in [1.165, 1.54) is 67.9 Å². The number of ether oxygens (including phenoxy) is 14. The maximum Gasteiger partial charge on any atom is 0.472 e. The Hall–Kier alpha value is -8.35. The fourth-order valence-corrected chi connectivity index (χ4v) is 23.6. The van der Waals surface area contributed by atoms with Crippen LogP contribution in [0.15, 0.2) is 74.3 Å². The van der Waals surface area contributed by atoms with E-state index in [9.17, 15) is 58.1 Å². The van der Waals surface area contributed by atoms with Crippen molar-refractivity contribution in [3.63, 3.8) is 0 Å². The Balaban J connectivity index is 0.683. The van der Waals surface area contributed by atoms with Crippen molar-refractivity contribution in [1.29, 1.82) is 0 Å². The predicted octanol–water partition coefficient (Wildman–Crippen LogP) is -1.64. The highest BCUT2D eigenvalue weighted by Crippen LogP contribution is 2.60. The average Bonchev–Trinajstić information content (AvgIpc) is 1.60. The number of rotatable bonds is 51. The first kappa shape index (κ1) is 112. The number of aliphatic hydroxyl groups excluding tert-OH is 1. The molecule has 6 saturated heterocycles. The van der Waals surface area contributed by atoms with Gasteiger partial charge in [0, 0.05) is 71.9 Å². The molecule has 0 saturated carbocycles. The van der Waals surface area contributed by atoms with E-state index in [0.29, 0.717) is 5.56 Å². The molecule has 0 spiro atoms. The van der Waals surface area contributed by atoms with E-state index in [-0.39, 0.29) is 126 Å². The number of nitrogen functional groups attached to an aromatic ring is 5. The molecule has 16 unspecified atom stereocenters. The van der Waals surface area contributed by atoms with Gasteiger partial charge in [-0.3, -0.25) is 92.9 Å². The molecule has 16 heterocycles. The lowest BCUT2D eigenvalue weighted by molar-refractivity contribution is -0.0841. The smallest absolute Gasteiger partial charge is 0.394 e. The van der Waals surface area contributed by atoms with Crippen molar-refractivity contribution in [3.8, 4) is 0 Å². The number of anilines is 5. The van der Waals surface area contributed by atoms with E-state index in [1.807, 2.05) is 0 Å². The molecule has 0 radical (unpaired) electrons. The van der Waals surface area contributed by atoms with Crippen LogP contribution in [0.1, 0.15) is 61.3 Å². The van der Waals surface area contributed by atoms with E-state index < -0.39 is 266 Å². The van der Waals surface area contributed by atoms with Crippen LogP contribution < -0.4 is 56.7 Å². The van der Waals surface area contributed by atoms with Gasteiger partial charge in [0.1, 0.15) is 134 Å². The van der Waals surface area contributed by atoms with E-state index >= 15 is 13.7 Å². The number of aryl methyl sites for hydroxylation is 2. The van der Waals surface area contributed by atoms with Crippen molar-refractivity contribution < 1.29 is 168 Å². The largest absolute Gasteiger partial charge is 0.472 e. The Morgan fingerprint density at radius 2 is 0.764 bits per heavy atom. The summed E-state index contributed by atoms with van der Waals surface area (Å²) in [5, 5.41) is 10.9. The highest BCUT2D eigenvalue weighted by molar-refractivity contribution is 8.44. The Labute approximate surface area is 846 Å². The predicted molar refractivity (Wildman–Crippen MR) is 510 cm³/mol. The van der Waals surface area contributed by atoms with Gasteiger partial charge >= 0.3 is 55.1 Å². The third-order valence-electron chi connectivity index (χ3n) is 23.6. The minimum atomic E-state index is -5.98. The summed E-state index contributed by atoms with van der Waals surface area (Å²) in [6, 6.07) is 0. The van der Waals surface area contributed by atoms with Crippen molar-refractivity contribution in [2.75, 3.05) is 157 Å². The van der Waals surface area contributed by atoms with Gasteiger partial charge in [-0.15, -0.1) is 0 Å². The van der Waals surface area contributed by atoms with E-state index in [4.69, 9.17) is 173 Å². The highest BCUT2D eigenvalue weighted by Gasteiger charge is 2.59. The fourth-order valence-electron chi connectivity index (χ4n) is 16.8. The van der Waals surface area contributed by atoms with Gasteiger partial charge < -0.3 is 143 Å². The summed E-state index contributed by atoms with van der Waals surface area (Å²) in [5.74, 6) is -1.00. The second-order valence-electron chi connectivity index (χ2n) is 33.2. The van der Waals surface area contributed by atoms with Crippen molar-refractivity contribution in [2.45, 2.75) is 162 Å². The maximum absolute atomic E-state index is 15.4. The van der Waals surface area contributed by atoms with E-state index in [0.717, 1.165) is 52.3 Å². The number of nitrogens with zero attached hydrogens (tertiary/aromatic N) is 17. The second kappa shape index (κ2) is 47.3. The van der Waals surface area contributed by atoms with Gasteiger partial charge in [-0.25, -0.2) is 67.7 Å². The molecule has 814 valence electrons. The van der Waals surface area contributed by atoms with Crippen LogP contribution in [0.4, 0.5) is 29.4 Å². The van der Waals surface area contributed by atoms with Gasteiger partial charge in [-0.05, 0) is 37.5 Å². The van der Waals surface area contributed by atoms with Crippen molar-refractivity contribution in [3.05, 3.63) is 114 Å². The number of thiol groups is 1. The van der Waals surface area contributed by atoms with Gasteiger partial charge in [0.05, 0.1) is 124 Å². The summed E-state index contributed by atoms with van der Waals surface area (Å²) < 4.78 is 221. The van der Waals surface area contributed by atoms with Crippen LogP contribution in [0.3, 0.4) is 0 Å². The molecule has 10 aromatic rings. The first-order chi connectivity index (χ1) is 70.4. The number of nitrogens with one attached hydrogen (secondary N) is 3. The van der Waals surface area contributed by atoms with Crippen LogP contribution in [0.25, 0.3) is 44.7 Å². The van der Waals surface area contributed by atoms with Crippen LogP contribution in [-0.2, 0) is 162 Å². The number of nitrogens with two attached hydrogens (primary N) is 5. The highest BCUT2D eigenvalue weighted by atomic mass is 32.7. The number of hydrogen-bond acceptors (Lipinski definition) is 54. The second-order valence-corrected chi connectivity index (χ2v) is 46.0. The number of phosphoric ester groups is 3. The first-order valence-electron chi connectivity index (χ1n) is 44.2. The lowest BCUT2D eigenvalue weighted by atomic mass is 10.1. The normalized spacial score (nSPS) is 28.9. The quantitative estimate of drug-likeness (QED) is 0.0116. The number of H-pyrrole nitrogens is 3. The minimum Gasteiger partial charge on any atom is -0.394 e. The summed E-state index contributed by atoms with van der Waals surface area (Å²) in [5.41, 5.74) is 25.5. The summed E-state index contributed by atoms with van der Waals surface area (Å²) in [4.78, 5) is 181. The zero-order valence-electron chi connectivity index (χ0n) is 78.5. The van der Waals surface area contributed by atoms with Crippen molar-refractivity contribution >= 4 is 154 Å². The van der Waals surface area contributed by atoms with E-state index in [2.05, 4.69) is 82.0 Å². The van der Waals surface area contributed by atoms with Gasteiger partial charge in [0.2, 0.25) is 11.9 Å². The molecular weight excluding hydrogens is 2160 g/mol. The van der Waals surface area contributed by atoms with Gasteiger partial charge in [0.25, 0.3) is 16.7 Å². The minimum absolute atomic E-state index is 0.0256. The Bertz CT molecular complexity index is 7040. The summed E-state index contributed by atoms with van der Waals surface area (Å²) in [7, 11) is -11.4. The van der Waals surface area contributed by atoms with E-state index in [1.54, 1.807) is 6.92 Å². The zero-order valence-corrected chi connectivity index (χ0v) is 86.4. The molecule has 10 aromatic heterocycles. The van der Waals surface area contributed by atoms with Crippen LogP contribution >= 0.6 is 56.0 Å². The maximum atomic E-state index is 15.4. The van der Waals surface area contributed by atoms with Gasteiger partial charge in [-0.2, -0.15) is 15.0 Å². The third kappa shape index (κ3) is 25.6. The molecule has 0 aliphatic carbocycles. The number of fused-ring (bicyclic) bond motifs is 4. The monoisotopic (exact) mass is 2270 g/mol. The molecule has 19 N–H and O–H groups in total. The molecule has 148 heavy (non-hydrogen) atoms. The molecule has 0 aromatic carbocycles. The molecule has 0 amide bonds. The average molecular weight is 2270 g/mol. The zero-order chi connectivity index (χ0) is 106. The lowest BCUT2D eigenvalue weighted by Crippen LogP contribution is -2.41. The van der Waals surface area contributed by atoms with Gasteiger partial charge in [-0.1, -0.05) is 12.2 Å². The van der Waals surface area contributed by atoms with Crippen molar-refractivity contribution in [2.24, 2.45) is 0 Å². The van der Waals surface area contributed by atoms with Crippen molar-refractivity contribution in [1.82, 2.24) is 97.2 Å². The van der Waals surface area contributed by atoms with Crippen LogP contribution in [0.2, 0.25) is 0 Å². The summed E-state index contributed by atoms with van der Waals surface area (Å²) in [6.07, 6.45) is -27.8. The first-order valence-corrected chi connectivity index (χ1v) is 56.6. The molecule has 6 aliphatic heterocycles. The standard InChI is InChI=1S/C73H103N25O41P6S3/c1-32-18-93(72(103)87-56(32)74)42-16-34(134-143(111,146)118-7)38(128-42)22-126-144(112,147)135-35-17-43(95-28-83-44-57(75)79-26-81-59(44)95)129-37(35)21-123-140(105,106)136-49-39(131-66(53(49)120-13-9-115-4)94-19-33(2)63(100)92-73(94)104)23-124-141(107,108)137-50-40(132-67(54(50)121-14-10-116-5)96-29-84-45-58(76)80-27-82-60(45)96)24-125-142(109,110)138-51-41(133-69(55(51)122-15-11-117-6)98-31-86-47-62(98)89-71(78)91-65(47)102)25-127-145(113,148)139-48-36(20-99)130-68(52(48)119-12-8-114-3)97-30-85-46-61(97)88-70(77)90-64(46)101/h18-19,26-31,34-43,48-55,66-69,99H,8-17,20-25H2,1-7H3,(H,105,106)(H,107,108)(H,109,110)(H,111,146)(H,112,147)(H,113,148)(H2,74,87,103)(H2,75,79,81)(H2,76,80,82)(H,92,100,104)(H3,77,88,90,101)(H3,78,89,91,102)/t34?,35?,36-,37-,38-,39-,40-,41-,42-,43-,48?,49?,50?,51?,52+,53+,54+,55+,66?,67?,68?,69?,143?,144?,145?/m1/s1. The Morgan fingerprint density at radius 1 is 0.399 bits per heavy atom. The molecular formula is C73H103N25O41P6S3. The Kier molecular flexibility index (Phi) is 35.9. The molecule has 66 nitrogen and oxygen atoms in total. The molecule has 16 rings (SSSR count). The number of imidazole rings is 4. The number of phosphoric acid groups is 3. The molecule has 0 bridgehead atoms. The number of aliphatic hydroxyl groups is 1. The van der Waals surface area contributed by atoms with Crippen LogP contribution in [0.5, 0.6) is 0 Å². The number of hydrogen-bond donors (Lipinski definition) is 15. The van der Waals surface area contributed by atoms with Crippen LogP contribution in [-0.4, -0.2) is 352 Å². The fraction of sp³-hybridized carbons (Fsp3) is 0.616. The summed E-state index contributed by atoms with van der Waals surface area (Å²) in [6.45, 7) is -19.0. The third-order valence-corrected chi connectivity index (χ3v) is 31.5. The molecule has 6 fully saturated rings. The van der Waals surface area contributed by atoms with Crippen LogP contribution in [0, 0.1) is 13.8 Å². The molecule has 28 atom stereocenters. The number of aromatic nitrogens is 20. The Morgan fingerprint density at radius 3 is 1.20 bits per heavy atom. The lowest BCUT2D eigenvalue weighted by Gasteiger charge is -2.29. The van der Waals surface area contributed by atoms with Gasteiger partial charge in [0.15, 0.2) is 70.2 Å². The molecule has 75 heteroatoms. The topological polar surface area (TPSA) is 864 Å². The SMILES string of the molecule is COCCO[C@H]1C(OP(=O)(O)OC[C@H]2O[C@@H](n3cnc4c(N)ncnc43)CC2OP(O)(=S)OC[C@H]2O[C@@H](n3cc(C)c(N)nc3=O)CC2OP(=O)(S)OC)[C@@H](COP(=O)(O)OC2[C@H](OCCOC)C(n3cnc4c(N)ncnc43)O[C@@H]2COP(=O)(O)OC2[C@H](OCCOC)C(n3cnc4c(=O)[nH]c(N)nc43)O[C@@H]2COP(O)(=S)OC2[C@H](OCCOC)C(n3cnc4c(=O)[nH]c(N)nc43)O[C@@H]2CO)OC1n1cc(C)c(=O)[nH]c1=O. The summed E-state index contributed by atoms with van der Waals surface area (Å²) >= 11 is 15.3.